The van der Waals surface area contributed by atoms with Crippen LogP contribution in [0.2, 0.25) is 0 Å². The highest BCUT2D eigenvalue weighted by molar-refractivity contribution is 5.47. The Morgan fingerprint density at radius 2 is 1.62 bits per heavy atom. The van der Waals surface area contributed by atoms with Gasteiger partial charge >= 0.3 is 11.4 Å². The lowest BCUT2D eigenvalue weighted by molar-refractivity contribution is 0.122. The quantitative estimate of drug-likeness (QED) is 0.324. The monoisotopic (exact) mass is 546 g/mol. The van der Waals surface area contributed by atoms with Crippen molar-refractivity contribution in [3.05, 3.63) is 110 Å². The number of aromatic nitrogens is 4. The van der Waals surface area contributed by atoms with Crippen LogP contribution in [0.5, 0.6) is 5.75 Å². The van der Waals surface area contributed by atoms with Crippen molar-refractivity contribution in [2.75, 3.05) is 50.2 Å². The smallest absolute Gasteiger partial charge is 0.355 e. The minimum Gasteiger partial charge on any atom is -0.497 e. The number of morpholine rings is 1. The molecule has 1 fully saturated rings. The minimum atomic E-state index is -0.682. The molecule has 0 amide bonds. The Kier molecular flexibility index (Phi) is 8.50. The number of hydrogen-bond donors (Lipinski definition) is 1. The number of nitrogens with one attached hydrogen (secondary N) is 1. The van der Waals surface area contributed by atoms with Crippen molar-refractivity contribution in [2.24, 2.45) is 0 Å². The second-order valence-electron chi connectivity index (χ2n) is 9.41. The highest BCUT2D eigenvalue weighted by Crippen LogP contribution is 2.19. The summed E-state index contributed by atoms with van der Waals surface area (Å²) in [5, 5.41) is 3.21. The molecule has 0 saturated carbocycles. The molecule has 1 aliphatic rings. The molecular weight excluding hydrogens is 515 g/mol. The molecule has 0 bridgehead atoms. The molecule has 208 valence electrons. The number of methoxy groups -OCH3 is 1. The maximum absolute atomic E-state index is 13.6. The van der Waals surface area contributed by atoms with Gasteiger partial charge in [0.05, 0.1) is 33.4 Å². The normalized spacial score (nSPS) is 13.3. The third-order valence-corrected chi connectivity index (χ3v) is 6.76. The molecule has 3 heterocycles. The first kappa shape index (κ1) is 27.1. The Bertz CT molecular complexity index is 1550. The van der Waals surface area contributed by atoms with Crippen LogP contribution in [0.3, 0.4) is 0 Å². The van der Waals surface area contributed by atoms with Crippen molar-refractivity contribution in [1.82, 2.24) is 19.1 Å². The van der Waals surface area contributed by atoms with E-state index in [4.69, 9.17) is 9.47 Å². The first-order valence-electron chi connectivity index (χ1n) is 13.1. The zero-order valence-corrected chi connectivity index (χ0v) is 22.3. The summed E-state index contributed by atoms with van der Waals surface area (Å²) in [7, 11) is 1.59. The predicted molar refractivity (Wildman–Crippen MR) is 150 cm³/mol. The molecule has 2 aromatic heterocycles. The van der Waals surface area contributed by atoms with E-state index >= 15 is 0 Å². The van der Waals surface area contributed by atoms with Gasteiger partial charge in [0, 0.05) is 25.8 Å². The fraction of sp³-hybridized carbons (Fsp3) is 0.310. The van der Waals surface area contributed by atoms with Crippen molar-refractivity contribution in [1.29, 1.82) is 0 Å². The average molecular weight is 547 g/mol. The van der Waals surface area contributed by atoms with Gasteiger partial charge in [0.1, 0.15) is 17.4 Å². The third-order valence-electron chi connectivity index (χ3n) is 6.76. The minimum absolute atomic E-state index is 0.0214. The molecule has 0 unspecified atom stereocenters. The van der Waals surface area contributed by atoms with E-state index in [1.807, 2.05) is 36.4 Å². The molecule has 0 radical (unpaired) electrons. The van der Waals surface area contributed by atoms with Crippen molar-refractivity contribution in [3.63, 3.8) is 0 Å². The van der Waals surface area contributed by atoms with Gasteiger partial charge in [0.25, 0.3) is 0 Å². The maximum Gasteiger partial charge on any atom is 0.355 e. The van der Waals surface area contributed by atoms with Gasteiger partial charge in [0.15, 0.2) is 0 Å². The van der Waals surface area contributed by atoms with Crippen LogP contribution in [0.4, 0.5) is 16.2 Å². The van der Waals surface area contributed by atoms with Gasteiger partial charge in [0.2, 0.25) is 5.95 Å². The molecule has 4 aromatic rings. The fourth-order valence-corrected chi connectivity index (χ4v) is 4.62. The molecule has 11 heteroatoms. The number of rotatable bonds is 10. The van der Waals surface area contributed by atoms with E-state index < -0.39 is 17.2 Å². The Labute approximate surface area is 230 Å². The van der Waals surface area contributed by atoms with E-state index in [1.165, 1.54) is 16.7 Å². The molecule has 0 atom stereocenters. The fourth-order valence-electron chi connectivity index (χ4n) is 4.62. The van der Waals surface area contributed by atoms with Crippen LogP contribution >= 0.6 is 0 Å². The predicted octanol–water partition coefficient (Wildman–Crippen LogP) is 2.54. The summed E-state index contributed by atoms with van der Waals surface area (Å²) in [6.07, 6.45) is 2.38. The summed E-state index contributed by atoms with van der Waals surface area (Å²) in [5.41, 5.74) is 1.30. The van der Waals surface area contributed by atoms with Crippen LogP contribution in [0.25, 0.3) is 0 Å². The molecule has 10 nitrogen and oxygen atoms in total. The molecule has 40 heavy (non-hydrogen) atoms. The highest BCUT2D eigenvalue weighted by atomic mass is 19.1. The second kappa shape index (κ2) is 12.6. The van der Waals surface area contributed by atoms with Gasteiger partial charge in [-0.25, -0.2) is 23.5 Å². The molecule has 1 saturated heterocycles. The number of anilines is 2. The molecule has 0 aliphatic carbocycles. The van der Waals surface area contributed by atoms with Gasteiger partial charge in [-0.15, -0.1) is 0 Å². The number of ether oxygens (including phenoxy) is 2. The van der Waals surface area contributed by atoms with Gasteiger partial charge in [-0.2, -0.15) is 4.98 Å². The zero-order chi connectivity index (χ0) is 27.9. The summed E-state index contributed by atoms with van der Waals surface area (Å²) < 4.78 is 26.6. The molecule has 5 rings (SSSR count). The van der Waals surface area contributed by atoms with Gasteiger partial charge in [-0.05, 0) is 53.4 Å². The number of hydrogen-bond acceptors (Lipinski definition) is 8. The van der Waals surface area contributed by atoms with Crippen molar-refractivity contribution < 1.29 is 13.9 Å². The summed E-state index contributed by atoms with van der Waals surface area (Å²) in [4.78, 5) is 37.6. The van der Waals surface area contributed by atoms with E-state index in [9.17, 15) is 14.0 Å². The number of nitrogens with zero attached hydrogens (tertiary/aromatic N) is 5. The number of benzene rings is 2. The van der Waals surface area contributed by atoms with Crippen LogP contribution < -0.4 is 26.3 Å². The largest absolute Gasteiger partial charge is 0.497 e. The molecule has 1 aliphatic heterocycles. The van der Waals surface area contributed by atoms with Crippen LogP contribution in [0, 0.1) is 5.82 Å². The van der Waals surface area contributed by atoms with E-state index in [0.29, 0.717) is 37.5 Å². The Morgan fingerprint density at radius 3 is 2.33 bits per heavy atom. The van der Waals surface area contributed by atoms with Crippen LogP contribution in [0.1, 0.15) is 16.7 Å². The highest BCUT2D eigenvalue weighted by Gasteiger charge is 2.17. The lowest BCUT2D eigenvalue weighted by Gasteiger charge is -2.29. The molecular formula is C29H31FN6O4. The lowest BCUT2D eigenvalue weighted by atomic mass is 10.1. The summed E-state index contributed by atoms with van der Waals surface area (Å²) in [5.74, 6) is 1.39. The number of halogens is 1. The summed E-state index contributed by atoms with van der Waals surface area (Å²) in [6.45, 7) is 3.45. The first-order chi connectivity index (χ1) is 19.5. The second-order valence-corrected chi connectivity index (χ2v) is 9.41. The molecule has 1 N–H and O–H groups in total. The van der Waals surface area contributed by atoms with E-state index in [-0.39, 0.29) is 19.0 Å². The van der Waals surface area contributed by atoms with Crippen molar-refractivity contribution in [3.8, 4) is 5.75 Å². The Hall–Kier alpha value is -4.51. The van der Waals surface area contributed by atoms with Crippen molar-refractivity contribution >= 4 is 11.8 Å². The summed E-state index contributed by atoms with van der Waals surface area (Å²) in [6, 6.07) is 16.9. The first-order valence-corrected chi connectivity index (χ1v) is 13.1. The topological polar surface area (TPSA) is 104 Å². The molecule has 2 aromatic carbocycles. The van der Waals surface area contributed by atoms with Crippen molar-refractivity contribution in [2.45, 2.75) is 19.5 Å². The Balaban J connectivity index is 1.41. The summed E-state index contributed by atoms with van der Waals surface area (Å²) >= 11 is 0. The van der Waals surface area contributed by atoms with Crippen LogP contribution in [-0.2, 0) is 24.2 Å². The zero-order valence-electron chi connectivity index (χ0n) is 22.3. The van der Waals surface area contributed by atoms with E-state index in [1.54, 1.807) is 25.4 Å². The third kappa shape index (κ3) is 6.37. The lowest BCUT2D eigenvalue weighted by Crippen LogP contribution is -2.43. The van der Waals surface area contributed by atoms with Gasteiger partial charge in [-0.1, -0.05) is 30.3 Å². The SMILES string of the molecule is COc1ccc(Cn2c(NCCc3cccnc3N3CCOCC3)nc(=O)n(Cc3ccc(F)cc3)c2=O)cc1. The standard InChI is InChI=1S/C29H31FN6O4/c1-39-25-10-6-22(7-11-25)19-35-27(33-28(37)36(29(35)38)20-21-4-8-24(30)9-5-21)32-14-12-23-3-2-13-31-26(23)34-15-17-40-18-16-34/h2-11,13H,12,14-20H2,1H3,(H,32,33,37). The van der Waals surface area contributed by atoms with Crippen LogP contribution in [-0.4, -0.2) is 59.1 Å². The van der Waals surface area contributed by atoms with Crippen LogP contribution in [0.15, 0.2) is 76.4 Å². The average Bonchev–Trinajstić information content (AvgIpc) is 2.99. The van der Waals surface area contributed by atoms with Gasteiger partial charge < -0.3 is 19.7 Å². The number of pyridine rings is 1. The van der Waals surface area contributed by atoms with E-state index in [0.717, 1.165) is 34.6 Å². The van der Waals surface area contributed by atoms with E-state index in [2.05, 4.69) is 20.2 Å². The molecule has 0 spiro atoms. The maximum atomic E-state index is 13.6. The Morgan fingerprint density at radius 1 is 0.950 bits per heavy atom. The van der Waals surface area contributed by atoms with Gasteiger partial charge in [-0.3, -0.25) is 4.57 Å².